The molecule has 2 heterocycles. The molecule has 0 bridgehead atoms. The number of sulfonamides is 1. The first-order valence-corrected chi connectivity index (χ1v) is 12.2. The Morgan fingerprint density at radius 1 is 1.17 bits per heavy atom. The van der Waals surface area contributed by atoms with Crippen LogP contribution in [0.1, 0.15) is 38.8 Å². The molecule has 1 aliphatic rings. The number of benzene rings is 2. The van der Waals surface area contributed by atoms with Gasteiger partial charge >= 0.3 is 0 Å². The summed E-state index contributed by atoms with van der Waals surface area (Å²) in [5.41, 5.74) is 2.32. The molecule has 0 unspecified atom stereocenters. The van der Waals surface area contributed by atoms with Crippen molar-refractivity contribution in [3.63, 3.8) is 0 Å². The largest absolute Gasteiger partial charge is 0.491 e. The Morgan fingerprint density at radius 3 is 2.57 bits per heavy atom. The van der Waals surface area contributed by atoms with Crippen LogP contribution in [0.4, 0.5) is 0 Å². The van der Waals surface area contributed by atoms with E-state index in [-0.39, 0.29) is 12.1 Å². The number of fused-ring (bicyclic) bond motifs is 1. The minimum Gasteiger partial charge on any atom is -0.491 e. The Hall–Kier alpha value is -2.02. The third-order valence-corrected chi connectivity index (χ3v) is 7.73. The van der Waals surface area contributed by atoms with Gasteiger partial charge in [-0.3, -0.25) is 0 Å². The maximum absolute atomic E-state index is 13.2. The van der Waals surface area contributed by atoms with E-state index in [0.717, 1.165) is 18.4 Å². The summed E-state index contributed by atoms with van der Waals surface area (Å²) in [7, 11) is -3.55. The van der Waals surface area contributed by atoms with Crippen LogP contribution in [0.2, 0.25) is 5.02 Å². The lowest BCUT2D eigenvalue weighted by Gasteiger charge is -2.18. The van der Waals surface area contributed by atoms with Crippen LogP contribution < -0.4 is 4.74 Å². The summed E-state index contributed by atoms with van der Waals surface area (Å²) in [4.78, 5) is 0.300. The molecule has 0 radical (unpaired) electrons. The van der Waals surface area contributed by atoms with E-state index in [9.17, 15) is 8.42 Å². The van der Waals surface area contributed by atoms with E-state index < -0.39 is 10.0 Å². The second-order valence-corrected chi connectivity index (χ2v) is 10.4. The van der Waals surface area contributed by atoms with Crippen molar-refractivity contribution in [3.05, 3.63) is 59.2 Å². The van der Waals surface area contributed by atoms with Gasteiger partial charge in [0.2, 0.25) is 10.0 Å². The van der Waals surface area contributed by atoms with Gasteiger partial charge in [-0.1, -0.05) is 24.6 Å². The SMILES string of the molecule is CCc1cn([C@@H]2CCN(S(=O)(=O)c3ccc(OC(C)C)cc3)C2)c2cc(Cl)ccc12. The first-order valence-electron chi connectivity index (χ1n) is 10.4. The average molecular weight is 447 g/mol. The summed E-state index contributed by atoms with van der Waals surface area (Å²) in [5, 5.41) is 1.87. The first kappa shape index (κ1) is 21.2. The highest BCUT2D eigenvalue weighted by Gasteiger charge is 2.34. The van der Waals surface area contributed by atoms with Crippen molar-refractivity contribution >= 4 is 32.5 Å². The van der Waals surface area contributed by atoms with E-state index in [2.05, 4.69) is 23.8 Å². The van der Waals surface area contributed by atoms with Gasteiger partial charge < -0.3 is 9.30 Å². The monoisotopic (exact) mass is 446 g/mol. The Labute approximate surface area is 183 Å². The fourth-order valence-electron chi connectivity index (χ4n) is 4.15. The average Bonchev–Trinajstić information content (AvgIpc) is 3.32. The Morgan fingerprint density at radius 2 is 1.90 bits per heavy atom. The van der Waals surface area contributed by atoms with Crippen LogP contribution in [0.15, 0.2) is 53.6 Å². The van der Waals surface area contributed by atoms with E-state index in [0.29, 0.717) is 28.8 Å². The zero-order valence-electron chi connectivity index (χ0n) is 17.5. The Balaban J connectivity index is 1.58. The first-order chi connectivity index (χ1) is 14.3. The van der Waals surface area contributed by atoms with Gasteiger partial charge in [-0.25, -0.2) is 8.42 Å². The molecule has 4 rings (SSSR count). The summed E-state index contributed by atoms with van der Waals surface area (Å²) in [5.74, 6) is 0.672. The summed E-state index contributed by atoms with van der Waals surface area (Å²) in [6.07, 6.45) is 3.89. The molecule has 5 nitrogen and oxygen atoms in total. The Kier molecular flexibility index (Phi) is 5.84. The molecule has 3 aromatic rings. The van der Waals surface area contributed by atoms with Gasteiger partial charge in [-0.2, -0.15) is 4.31 Å². The van der Waals surface area contributed by atoms with Crippen LogP contribution in [0, 0.1) is 0 Å². The molecule has 1 atom stereocenters. The molecule has 1 saturated heterocycles. The predicted molar refractivity (Wildman–Crippen MR) is 121 cm³/mol. The molecule has 1 fully saturated rings. The highest BCUT2D eigenvalue weighted by molar-refractivity contribution is 7.89. The third kappa shape index (κ3) is 3.96. The summed E-state index contributed by atoms with van der Waals surface area (Å²) >= 11 is 6.25. The molecule has 0 amide bonds. The van der Waals surface area contributed by atoms with Crippen LogP contribution in [-0.4, -0.2) is 36.5 Å². The standard InChI is InChI=1S/C23H27ClN2O3S/c1-4-17-14-26(23-13-18(24)5-10-22(17)23)19-11-12-25(15-19)30(27,28)21-8-6-20(7-9-21)29-16(2)3/h5-10,13-14,16,19H,4,11-12,15H2,1-3H3/t19-/m1/s1. The van der Waals surface area contributed by atoms with Crippen molar-refractivity contribution in [2.75, 3.05) is 13.1 Å². The van der Waals surface area contributed by atoms with E-state index >= 15 is 0 Å². The third-order valence-electron chi connectivity index (χ3n) is 5.61. The van der Waals surface area contributed by atoms with Gasteiger partial charge in [0.15, 0.2) is 0 Å². The van der Waals surface area contributed by atoms with Crippen molar-refractivity contribution in [2.45, 2.75) is 50.7 Å². The number of hydrogen-bond donors (Lipinski definition) is 0. The molecule has 0 spiro atoms. The van der Waals surface area contributed by atoms with Gasteiger partial charge in [-0.15, -0.1) is 0 Å². The van der Waals surface area contributed by atoms with Crippen molar-refractivity contribution < 1.29 is 13.2 Å². The summed E-state index contributed by atoms with van der Waals surface area (Å²) < 4.78 is 35.8. The molecule has 1 aromatic heterocycles. The topological polar surface area (TPSA) is 51.5 Å². The lowest BCUT2D eigenvalue weighted by Crippen LogP contribution is -2.29. The number of hydrogen-bond acceptors (Lipinski definition) is 3. The number of ether oxygens (including phenoxy) is 1. The fourth-order valence-corrected chi connectivity index (χ4v) is 5.81. The van der Waals surface area contributed by atoms with Gasteiger partial charge in [0, 0.05) is 35.7 Å². The van der Waals surface area contributed by atoms with E-state index in [1.165, 1.54) is 10.9 Å². The van der Waals surface area contributed by atoms with Gasteiger partial charge in [0.25, 0.3) is 0 Å². The van der Waals surface area contributed by atoms with Crippen molar-refractivity contribution in [2.24, 2.45) is 0 Å². The van der Waals surface area contributed by atoms with Crippen molar-refractivity contribution in [1.29, 1.82) is 0 Å². The summed E-state index contributed by atoms with van der Waals surface area (Å²) in [6, 6.07) is 12.7. The molecule has 7 heteroatoms. The number of nitrogens with zero attached hydrogens (tertiary/aromatic N) is 2. The summed E-state index contributed by atoms with van der Waals surface area (Å²) in [6.45, 7) is 6.96. The smallest absolute Gasteiger partial charge is 0.243 e. The van der Waals surface area contributed by atoms with Crippen LogP contribution in [0.25, 0.3) is 10.9 Å². The lowest BCUT2D eigenvalue weighted by atomic mass is 10.1. The number of rotatable bonds is 6. The predicted octanol–water partition coefficient (Wildman–Crippen LogP) is 5.28. The molecule has 0 aliphatic carbocycles. The zero-order valence-corrected chi connectivity index (χ0v) is 19.1. The maximum atomic E-state index is 13.2. The minimum absolute atomic E-state index is 0.0460. The minimum atomic E-state index is -3.55. The molecule has 0 saturated carbocycles. The van der Waals surface area contributed by atoms with Crippen LogP contribution >= 0.6 is 11.6 Å². The lowest BCUT2D eigenvalue weighted by molar-refractivity contribution is 0.242. The maximum Gasteiger partial charge on any atom is 0.243 e. The van der Waals surface area contributed by atoms with Gasteiger partial charge in [0.1, 0.15) is 5.75 Å². The molecular formula is C23H27ClN2O3S. The fraction of sp³-hybridized carbons (Fsp3) is 0.391. The molecule has 160 valence electrons. The molecule has 1 aliphatic heterocycles. The zero-order chi connectivity index (χ0) is 21.5. The van der Waals surface area contributed by atoms with Gasteiger partial charge in [0.05, 0.1) is 16.5 Å². The molecule has 2 aromatic carbocycles. The van der Waals surface area contributed by atoms with Gasteiger partial charge in [-0.05, 0) is 68.7 Å². The molecule has 0 N–H and O–H groups in total. The second-order valence-electron chi connectivity index (χ2n) is 8.02. The van der Waals surface area contributed by atoms with E-state index in [1.807, 2.05) is 26.0 Å². The highest BCUT2D eigenvalue weighted by Crippen LogP contribution is 2.34. The van der Waals surface area contributed by atoms with Crippen molar-refractivity contribution in [3.8, 4) is 5.75 Å². The van der Waals surface area contributed by atoms with Crippen LogP contribution in [-0.2, 0) is 16.4 Å². The Bertz CT molecular complexity index is 1150. The van der Waals surface area contributed by atoms with E-state index in [1.54, 1.807) is 28.6 Å². The number of aryl methyl sites for hydroxylation is 1. The van der Waals surface area contributed by atoms with E-state index in [4.69, 9.17) is 16.3 Å². The number of aromatic nitrogens is 1. The quantitative estimate of drug-likeness (QED) is 0.517. The molecular weight excluding hydrogens is 420 g/mol. The normalized spacial score (nSPS) is 17.8. The second kappa shape index (κ2) is 8.25. The molecule has 30 heavy (non-hydrogen) atoms. The number of halogens is 1. The van der Waals surface area contributed by atoms with Crippen molar-refractivity contribution in [1.82, 2.24) is 8.87 Å². The van der Waals surface area contributed by atoms with Crippen LogP contribution in [0.3, 0.4) is 0 Å². The highest BCUT2D eigenvalue weighted by atomic mass is 35.5. The van der Waals surface area contributed by atoms with Crippen LogP contribution in [0.5, 0.6) is 5.75 Å².